The summed E-state index contributed by atoms with van der Waals surface area (Å²) < 4.78 is 6.04. The number of rotatable bonds is 6. The molecule has 0 aliphatic heterocycles. The maximum atomic E-state index is 12.5. The van der Waals surface area contributed by atoms with Crippen LogP contribution >= 0.6 is 0 Å². The van der Waals surface area contributed by atoms with Gasteiger partial charge in [0.1, 0.15) is 11.3 Å². The minimum atomic E-state index is -0.398. The molecule has 4 rings (SSSR count). The first-order valence-corrected chi connectivity index (χ1v) is 10.5. The van der Waals surface area contributed by atoms with Crippen LogP contribution in [0.4, 0.5) is 0 Å². The summed E-state index contributed by atoms with van der Waals surface area (Å²) in [5, 5.41) is 2.82. The minimum absolute atomic E-state index is 0.104. The molecule has 0 spiro atoms. The SMILES string of the molecule is O=C(NCc1ccc(OC2CCCCC2)cc1)c1ccc(-c2ccccc2)[nH]c1=O. The Bertz CT molecular complexity index is 1040. The number of pyridine rings is 1. The Labute approximate surface area is 176 Å². The Morgan fingerprint density at radius 1 is 0.933 bits per heavy atom. The highest BCUT2D eigenvalue weighted by Crippen LogP contribution is 2.23. The summed E-state index contributed by atoms with van der Waals surface area (Å²) in [6, 6.07) is 20.6. The number of aromatic nitrogens is 1. The van der Waals surface area contributed by atoms with Crippen LogP contribution < -0.4 is 15.6 Å². The summed E-state index contributed by atoms with van der Waals surface area (Å²) in [6.07, 6.45) is 6.33. The number of amides is 1. The lowest BCUT2D eigenvalue weighted by Gasteiger charge is -2.23. The number of hydrogen-bond donors (Lipinski definition) is 2. The summed E-state index contributed by atoms with van der Waals surface area (Å²) in [6.45, 7) is 0.350. The van der Waals surface area contributed by atoms with Crippen molar-refractivity contribution >= 4 is 5.91 Å². The third kappa shape index (κ3) is 4.98. The second-order valence-electron chi connectivity index (χ2n) is 7.69. The van der Waals surface area contributed by atoms with Gasteiger partial charge in [-0.15, -0.1) is 0 Å². The molecular weight excluding hydrogens is 376 g/mol. The number of hydrogen-bond acceptors (Lipinski definition) is 3. The largest absolute Gasteiger partial charge is 0.490 e. The van der Waals surface area contributed by atoms with E-state index >= 15 is 0 Å². The standard InChI is InChI=1S/C25H26N2O3/c28-24(22-15-16-23(27-25(22)29)19-7-3-1-4-8-19)26-17-18-11-13-21(14-12-18)30-20-9-5-2-6-10-20/h1,3-4,7-8,11-16,20H,2,5-6,9-10,17H2,(H,26,28)(H,27,29). The first-order valence-electron chi connectivity index (χ1n) is 10.5. The molecular formula is C25H26N2O3. The molecule has 3 aromatic rings. The Morgan fingerprint density at radius 3 is 2.37 bits per heavy atom. The van der Waals surface area contributed by atoms with Gasteiger partial charge in [0.2, 0.25) is 0 Å². The highest BCUT2D eigenvalue weighted by Gasteiger charge is 2.15. The summed E-state index contributed by atoms with van der Waals surface area (Å²) in [5.41, 5.74) is 2.25. The van der Waals surface area contributed by atoms with E-state index in [1.54, 1.807) is 12.1 Å². The Morgan fingerprint density at radius 2 is 1.67 bits per heavy atom. The maximum absolute atomic E-state index is 12.5. The van der Waals surface area contributed by atoms with Crippen molar-refractivity contribution in [2.75, 3.05) is 0 Å². The van der Waals surface area contributed by atoms with E-state index in [1.165, 1.54) is 19.3 Å². The first kappa shape index (κ1) is 20.0. The van der Waals surface area contributed by atoms with Crippen LogP contribution in [-0.2, 0) is 6.54 Å². The van der Waals surface area contributed by atoms with E-state index in [0.717, 1.165) is 29.7 Å². The normalized spacial score (nSPS) is 14.3. The lowest BCUT2D eigenvalue weighted by molar-refractivity contribution is 0.0949. The molecule has 1 heterocycles. The van der Waals surface area contributed by atoms with Crippen LogP contribution in [0.2, 0.25) is 0 Å². The van der Waals surface area contributed by atoms with E-state index in [2.05, 4.69) is 10.3 Å². The molecule has 1 aliphatic carbocycles. The van der Waals surface area contributed by atoms with Gasteiger partial charge in [-0.25, -0.2) is 0 Å². The molecule has 154 valence electrons. The number of benzene rings is 2. The van der Waals surface area contributed by atoms with E-state index in [1.807, 2.05) is 54.6 Å². The number of aromatic amines is 1. The monoisotopic (exact) mass is 402 g/mol. The van der Waals surface area contributed by atoms with Gasteiger partial charge in [-0.1, -0.05) is 48.9 Å². The second kappa shape index (κ2) is 9.44. The summed E-state index contributed by atoms with van der Waals surface area (Å²) in [7, 11) is 0. The predicted octanol–water partition coefficient (Wildman–Crippen LogP) is 4.68. The summed E-state index contributed by atoms with van der Waals surface area (Å²) in [4.78, 5) is 27.6. The van der Waals surface area contributed by atoms with Crippen molar-refractivity contribution < 1.29 is 9.53 Å². The molecule has 2 N–H and O–H groups in total. The molecule has 1 aliphatic rings. The van der Waals surface area contributed by atoms with Crippen molar-refractivity contribution in [1.29, 1.82) is 0 Å². The van der Waals surface area contributed by atoms with Crippen LogP contribution in [0, 0.1) is 0 Å². The lowest BCUT2D eigenvalue weighted by Crippen LogP contribution is -2.29. The molecule has 2 aromatic carbocycles. The van der Waals surface area contributed by atoms with Crippen LogP contribution in [0.5, 0.6) is 5.75 Å². The Hall–Kier alpha value is -3.34. The van der Waals surface area contributed by atoms with Gasteiger partial charge < -0.3 is 15.0 Å². The van der Waals surface area contributed by atoms with Crippen molar-refractivity contribution in [3.8, 4) is 17.0 Å². The zero-order chi connectivity index (χ0) is 20.8. The summed E-state index contributed by atoms with van der Waals surface area (Å²) >= 11 is 0. The number of nitrogens with one attached hydrogen (secondary N) is 2. The highest BCUT2D eigenvalue weighted by atomic mass is 16.5. The highest BCUT2D eigenvalue weighted by molar-refractivity contribution is 5.94. The van der Waals surface area contributed by atoms with Crippen LogP contribution in [-0.4, -0.2) is 17.0 Å². The van der Waals surface area contributed by atoms with Crippen LogP contribution in [0.15, 0.2) is 71.5 Å². The molecule has 0 saturated heterocycles. The fraction of sp³-hybridized carbons (Fsp3) is 0.280. The van der Waals surface area contributed by atoms with E-state index in [0.29, 0.717) is 18.3 Å². The van der Waals surface area contributed by atoms with Crippen LogP contribution in [0.3, 0.4) is 0 Å². The van der Waals surface area contributed by atoms with Crippen molar-refractivity contribution in [3.63, 3.8) is 0 Å². The molecule has 1 fully saturated rings. The Kier molecular flexibility index (Phi) is 6.28. The fourth-order valence-electron chi connectivity index (χ4n) is 3.78. The molecule has 5 nitrogen and oxygen atoms in total. The average molecular weight is 402 g/mol. The van der Waals surface area contributed by atoms with Crippen molar-refractivity contribution in [1.82, 2.24) is 10.3 Å². The van der Waals surface area contributed by atoms with Gasteiger partial charge in [-0.2, -0.15) is 0 Å². The van der Waals surface area contributed by atoms with Gasteiger partial charge in [-0.05, 0) is 61.1 Å². The third-order valence-electron chi connectivity index (χ3n) is 5.47. The predicted molar refractivity (Wildman–Crippen MR) is 118 cm³/mol. The van der Waals surface area contributed by atoms with E-state index in [9.17, 15) is 9.59 Å². The number of carbonyl (C=O) groups excluding carboxylic acids is 1. The van der Waals surface area contributed by atoms with Gasteiger partial charge in [0.15, 0.2) is 0 Å². The molecule has 1 saturated carbocycles. The second-order valence-corrected chi connectivity index (χ2v) is 7.69. The number of ether oxygens (including phenoxy) is 1. The van der Waals surface area contributed by atoms with Gasteiger partial charge >= 0.3 is 0 Å². The van der Waals surface area contributed by atoms with Crippen molar-refractivity contribution in [3.05, 3.63) is 88.2 Å². The van der Waals surface area contributed by atoms with Gasteiger partial charge in [0, 0.05) is 12.2 Å². The lowest BCUT2D eigenvalue weighted by atomic mass is 9.98. The smallest absolute Gasteiger partial charge is 0.261 e. The maximum Gasteiger partial charge on any atom is 0.261 e. The van der Waals surface area contributed by atoms with Crippen molar-refractivity contribution in [2.24, 2.45) is 0 Å². The molecule has 1 aromatic heterocycles. The molecule has 1 amide bonds. The molecule has 0 radical (unpaired) electrons. The first-order chi connectivity index (χ1) is 14.7. The van der Waals surface area contributed by atoms with Crippen molar-refractivity contribution in [2.45, 2.75) is 44.8 Å². The van der Waals surface area contributed by atoms with Gasteiger partial charge in [-0.3, -0.25) is 9.59 Å². The Balaban J connectivity index is 1.34. The average Bonchev–Trinajstić information content (AvgIpc) is 2.79. The van der Waals surface area contributed by atoms with Gasteiger partial charge in [0.05, 0.1) is 6.10 Å². The van der Waals surface area contributed by atoms with E-state index in [-0.39, 0.29) is 5.56 Å². The molecule has 0 unspecified atom stereocenters. The van der Waals surface area contributed by atoms with E-state index < -0.39 is 11.5 Å². The topological polar surface area (TPSA) is 71.2 Å². The number of carbonyl (C=O) groups is 1. The quantitative estimate of drug-likeness (QED) is 0.629. The summed E-state index contributed by atoms with van der Waals surface area (Å²) in [5.74, 6) is 0.475. The molecule has 30 heavy (non-hydrogen) atoms. The van der Waals surface area contributed by atoms with Crippen LogP contribution in [0.1, 0.15) is 48.0 Å². The van der Waals surface area contributed by atoms with E-state index in [4.69, 9.17) is 4.74 Å². The van der Waals surface area contributed by atoms with Gasteiger partial charge in [0.25, 0.3) is 11.5 Å². The fourth-order valence-corrected chi connectivity index (χ4v) is 3.78. The zero-order valence-corrected chi connectivity index (χ0v) is 16.9. The third-order valence-corrected chi connectivity index (χ3v) is 5.47. The molecule has 0 atom stereocenters. The number of H-pyrrole nitrogens is 1. The minimum Gasteiger partial charge on any atom is -0.490 e. The van der Waals surface area contributed by atoms with Crippen LogP contribution in [0.25, 0.3) is 11.3 Å². The molecule has 5 heteroatoms. The molecule has 0 bridgehead atoms. The zero-order valence-electron chi connectivity index (χ0n) is 16.9.